The topological polar surface area (TPSA) is 138 Å². The van der Waals surface area contributed by atoms with Crippen molar-refractivity contribution in [2.24, 2.45) is 0 Å². The van der Waals surface area contributed by atoms with Crippen LogP contribution in [0, 0.1) is 0 Å². The molecule has 0 aliphatic carbocycles. The van der Waals surface area contributed by atoms with Crippen molar-refractivity contribution in [2.75, 3.05) is 6.61 Å². The number of carbonyl (C=O) groups is 1. The van der Waals surface area contributed by atoms with E-state index in [-0.39, 0.29) is 5.56 Å². The van der Waals surface area contributed by atoms with Gasteiger partial charge in [0.1, 0.15) is 30.5 Å². The van der Waals surface area contributed by atoms with Crippen LogP contribution in [0.15, 0.2) is 30.3 Å². The van der Waals surface area contributed by atoms with Gasteiger partial charge in [-0.05, 0) is 0 Å². The Morgan fingerprint density at radius 1 is 0.900 bits per heavy atom. The number of rotatable bonds is 7. The third-order valence-electron chi connectivity index (χ3n) is 2.93. The standard InChI is InChI=1S/C13H18O7/c14-6-8(15)10(17)12(19)13(20)11(18)9(16)7-4-2-1-3-5-7/h1-5,8,10-15,17-20H,6H2/t8-,10-,11?,12+,13+/m1/s1. The van der Waals surface area contributed by atoms with Crippen LogP contribution in [0.5, 0.6) is 0 Å². The second kappa shape index (κ2) is 7.44. The van der Waals surface area contributed by atoms with Gasteiger partial charge in [-0.25, -0.2) is 0 Å². The van der Waals surface area contributed by atoms with Crippen LogP contribution in [0.25, 0.3) is 0 Å². The van der Waals surface area contributed by atoms with Gasteiger partial charge in [-0.1, -0.05) is 30.3 Å². The van der Waals surface area contributed by atoms with E-state index in [1.807, 2.05) is 0 Å². The zero-order valence-corrected chi connectivity index (χ0v) is 10.6. The molecule has 6 N–H and O–H groups in total. The number of carbonyl (C=O) groups excluding carboxylic acids is 1. The van der Waals surface area contributed by atoms with E-state index in [9.17, 15) is 25.2 Å². The molecule has 1 aromatic carbocycles. The first-order valence-corrected chi connectivity index (χ1v) is 6.00. The van der Waals surface area contributed by atoms with Crippen LogP contribution in [0.1, 0.15) is 10.4 Å². The number of ketones is 1. The fourth-order valence-corrected chi connectivity index (χ4v) is 1.65. The minimum atomic E-state index is -2.00. The molecule has 1 aromatic rings. The van der Waals surface area contributed by atoms with Gasteiger partial charge < -0.3 is 30.6 Å². The fourth-order valence-electron chi connectivity index (χ4n) is 1.65. The van der Waals surface area contributed by atoms with Crippen LogP contribution in [0.3, 0.4) is 0 Å². The maximum absolute atomic E-state index is 11.8. The molecule has 0 amide bonds. The summed E-state index contributed by atoms with van der Waals surface area (Å²) in [5.41, 5.74) is 0.128. The highest BCUT2D eigenvalue weighted by molar-refractivity contribution is 5.99. The number of aliphatic hydroxyl groups is 6. The first-order chi connectivity index (χ1) is 9.40. The summed E-state index contributed by atoms with van der Waals surface area (Å²) in [5.74, 6) is -0.831. The maximum Gasteiger partial charge on any atom is 0.194 e. The molecule has 0 saturated heterocycles. The monoisotopic (exact) mass is 286 g/mol. The molecular formula is C13H18O7. The number of benzene rings is 1. The molecule has 0 aliphatic rings. The normalized spacial score (nSPS) is 18.9. The van der Waals surface area contributed by atoms with Crippen LogP contribution in [0.4, 0.5) is 0 Å². The first-order valence-electron chi connectivity index (χ1n) is 6.00. The highest BCUT2D eigenvalue weighted by Gasteiger charge is 2.37. The molecule has 0 heterocycles. The van der Waals surface area contributed by atoms with Crippen molar-refractivity contribution in [1.29, 1.82) is 0 Å². The molecule has 1 unspecified atom stereocenters. The van der Waals surface area contributed by atoms with Gasteiger partial charge in [0.2, 0.25) is 0 Å². The molecule has 1 rings (SSSR count). The average molecular weight is 286 g/mol. The third-order valence-corrected chi connectivity index (χ3v) is 2.93. The van der Waals surface area contributed by atoms with Crippen LogP contribution >= 0.6 is 0 Å². The smallest absolute Gasteiger partial charge is 0.194 e. The predicted molar refractivity (Wildman–Crippen MR) is 67.9 cm³/mol. The largest absolute Gasteiger partial charge is 0.394 e. The molecule has 0 aromatic heterocycles. The molecule has 0 radical (unpaired) electrons. The number of Topliss-reactive ketones (excluding diaryl/α,β-unsaturated/α-hetero) is 1. The third kappa shape index (κ3) is 3.83. The van der Waals surface area contributed by atoms with Crippen LogP contribution in [-0.4, -0.2) is 73.5 Å². The Bertz CT molecular complexity index is 422. The first kappa shape index (κ1) is 16.7. The summed E-state index contributed by atoms with van der Waals surface area (Å²) in [5, 5.41) is 56.1. The summed E-state index contributed by atoms with van der Waals surface area (Å²) in [6.07, 6.45) is -9.54. The van der Waals surface area contributed by atoms with Crippen molar-refractivity contribution >= 4 is 5.78 Å². The van der Waals surface area contributed by atoms with Crippen LogP contribution in [0.2, 0.25) is 0 Å². The lowest BCUT2D eigenvalue weighted by Gasteiger charge is -2.27. The van der Waals surface area contributed by atoms with E-state index >= 15 is 0 Å². The van der Waals surface area contributed by atoms with Crippen molar-refractivity contribution in [2.45, 2.75) is 30.5 Å². The molecule has 0 spiro atoms. The minimum absolute atomic E-state index is 0.128. The quantitative estimate of drug-likeness (QED) is 0.309. The molecule has 0 aliphatic heterocycles. The Labute approximate surface area is 115 Å². The zero-order valence-electron chi connectivity index (χ0n) is 10.6. The predicted octanol–water partition coefficient (Wildman–Crippen LogP) is -2.33. The summed E-state index contributed by atoms with van der Waals surface area (Å²) in [6.45, 7) is -0.840. The number of hydrogen-bond acceptors (Lipinski definition) is 7. The zero-order chi connectivity index (χ0) is 15.3. The summed E-state index contributed by atoms with van der Waals surface area (Å²) >= 11 is 0. The van der Waals surface area contributed by atoms with Crippen molar-refractivity contribution in [3.8, 4) is 0 Å². The molecule has 0 saturated carbocycles. The van der Waals surface area contributed by atoms with Crippen molar-refractivity contribution in [3.63, 3.8) is 0 Å². The number of aliphatic hydroxyl groups excluding tert-OH is 6. The van der Waals surface area contributed by atoms with Gasteiger partial charge in [0.05, 0.1) is 6.61 Å². The van der Waals surface area contributed by atoms with Crippen LogP contribution < -0.4 is 0 Å². The lowest BCUT2D eigenvalue weighted by Crippen LogP contribution is -2.51. The maximum atomic E-state index is 11.8. The highest BCUT2D eigenvalue weighted by atomic mass is 16.4. The van der Waals surface area contributed by atoms with E-state index < -0.39 is 42.9 Å². The Morgan fingerprint density at radius 2 is 1.45 bits per heavy atom. The lowest BCUT2D eigenvalue weighted by atomic mass is 9.94. The van der Waals surface area contributed by atoms with Crippen LogP contribution in [-0.2, 0) is 0 Å². The van der Waals surface area contributed by atoms with E-state index in [0.717, 1.165) is 0 Å². The molecule has 5 atom stereocenters. The van der Waals surface area contributed by atoms with Gasteiger partial charge in [0, 0.05) is 5.56 Å². The second-order valence-electron chi connectivity index (χ2n) is 4.40. The van der Waals surface area contributed by atoms with Gasteiger partial charge in [0.15, 0.2) is 5.78 Å². The van der Waals surface area contributed by atoms with Gasteiger partial charge in [0.25, 0.3) is 0 Å². The molecule has 20 heavy (non-hydrogen) atoms. The Hall–Kier alpha value is -1.35. The number of hydrogen-bond donors (Lipinski definition) is 6. The summed E-state index contributed by atoms with van der Waals surface area (Å²) in [6, 6.07) is 7.63. The fraction of sp³-hybridized carbons (Fsp3) is 0.462. The van der Waals surface area contributed by atoms with E-state index in [2.05, 4.69) is 0 Å². The molecule has 112 valence electrons. The van der Waals surface area contributed by atoms with Gasteiger partial charge >= 0.3 is 0 Å². The van der Waals surface area contributed by atoms with Gasteiger partial charge in [-0.3, -0.25) is 4.79 Å². The molecular weight excluding hydrogens is 268 g/mol. The van der Waals surface area contributed by atoms with Crippen molar-refractivity contribution < 1.29 is 35.4 Å². The SMILES string of the molecule is O=C(c1ccccc1)C(O)[C@H](O)[C@@H](O)[C@H](O)[C@H](O)CO. The highest BCUT2D eigenvalue weighted by Crippen LogP contribution is 2.12. The van der Waals surface area contributed by atoms with E-state index in [1.165, 1.54) is 12.1 Å². The summed E-state index contributed by atoms with van der Waals surface area (Å²) < 4.78 is 0. The second-order valence-corrected chi connectivity index (χ2v) is 4.40. The lowest BCUT2D eigenvalue weighted by molar-refractivity contribution is -0.133. The van der Waals surface area contributed by atoms with E-state index in [1.54, 1.807) is 18.2 Å². The van der Waals surface area contributed by atoms with Crippen molar-refractivity contribution in [3.05, 3.63) is 35.9 Å². The molecule has 7 heteroatoms. The Morgan fingerprint density at radius 3 is 1.95 bits per heavy atom. The van der Waals surface area contributed by atoms with E-state index in [0.29, 0.717) is 0 Å². The molecule has 0 bridgehead atoms. The summed E-state index contributed by atoms with van der Waals surface area (Å²) in [4.78, 5) is 11.8. The van der Waals surface area contributed by atoms with E-state index in [4.69, 9.17) is 10.2 Å². The minimum Gasteiger partial charge on any atom is -0.394 e. The van der Waals surface area contributed by atoms with Gasteiger partial charge in [-0.2, -0.15) is 0 Å². The average Bonchev–Trinajstić information content (AvgIpc) is 2.51. The van der Waals surface area contributed by atoms with Crippen molar-refractivity contribution in [1.82, 2.24) is 0 Å². The molecule has 7 nitrogen and oxygen atoms in total. The Balaban J connectivity index is 2.76. The molecule has 0 fully saturated rings. The Kier molecular flexibility index (Phi) is 6.21. The summed E-state index contributed by atoms with van der Waals surface area (Å²) in [7, 11) is 0. The van der Waals surface area contributed by atoms with Gasteiger partial charge in [-0.15, -0.1) is 0 Å².